The molecule has 0 N–H and O–H groups in total. The minimum Gasteiger partial charge on any atom is -0.489 e. The van der Waals surface area contributed by atoms with Gasteiger partial charge >= 0.3 is 0 Å². The molecule has 5 heteroatoms. The molecule has 1 aromatic heterocycles. The molecule has 0 bridgehead atoms. The highest BCUT2D eigenvalue weighted by Crippen LogP contribution is 2.26. The van der Waals surface area contributed by atoms with Gasteiger partial charge < -0.3 is 4.74 Å². The predicted octanol–water partition coefficient (Wildman–Crippen LogP) is 4.54. The van der Waals surface area contributed by atoms with Crippen LogP contribution in [-0.2, 0) is 6.61 Å². The van der Waals surface area contributed by atoms with Gasteiger partial charge in [-0.15, -0.1) is 0 Å². The molecule has 0 fully saturated rings. The Kier molecular flexibility index (Phi) is 4.52. The van der Waals surface area contributed by atoms with E-state index in [1.165, 1.54) is 6.20 Å². The van der Waals surface area contributed by atoms with Gasteiger partial charge in [0, 0.05) is 11.1 Å². The summed E-state index contributed by atoms with van der Waals surface area (Å²) < 4.78 is 5.81. The Balaban J connectivity index is 1.80. The number of pyridine rings is 1. The fourth-order valence-corrected chi connectivity index (χ4v) is 2.38. The Hall–Kier alpha value is -3.21. The van der Waals surface area contributed by atoms with E-state index in [1.807, 2.05) is 54.6 Å². The first-order valence-electron chi connectivity index (χ1n) is 7.51. The Morgan fingerprint density at radius 3 is 2.58 bits per heavy atom. The van der Waals surface area contributed by atoms with Crippen LogP contribution in [0.5, 0.6) is 5.75 Å². The lowest BCUT2D eigenvalue weighted by atomic mass is 10.1. The second-order valence-electron chi connectivity index (χ2n) is 5.42. The smallest absolute Gasteiger partial charge is 0.290 e. The average molecular weight is 320 g/mol. The summed E-state index contributed by atoms with van der Waals surface area (Å²) in [7, 11) is 0. The van der Waals surface area contributed by atoms with Gasteiger partial charge in [-0.3, -0.25) is 10.1 Å². The summed E-state index contributed by atoms with van der Waals surface area (Å²) in [4.78, 5) is 14.7. The molecular formula is C19H16N2O3. The zero-order valence-electron chi connectivity index (χ0n) is 13.2. The Labute approximate surface area is 139 Å². The van der Waals surface area contributed by atoms with Crippen molar-refractivity contribution in [3.05, 3.63) is 88.1 Å². The van der Waals surface area contributed by atoms with Crippen LogP contribution in [0.25, 0.3) is 11.3 Å². The minimum absolute atomic E-state index is 0.0234. The maximum atomic E-state index is 10.9. The summed E-state index contributed by atoms with van der Waals surface area (Å²) in [5, 5.41) is 10.9. The molecule has 3 rings (SSSR count). The molecule has 5 nitrogen and oxygen atoms in total. The molecule has 2 aromatic carbocycles. The summed E-state index contributed by atoms with van der Waals surface area (Å²) in [6, 6.07) is 19.2. The van der Waals surface area contributed by atoms with Crippen LogP contribution in [0, 0.1) is 17.0 Å². The molecule has 0 radical (unpaired) electrons. The van der Waals surface area contributed by atoms with Crippen molar-refractivity contribution in [1.82, 2.24) is 4.98 Å². The van der Waals surface area contributed by atoms with Crippen molar-refractivity contribution >= 4 is 5.69 Å². The number of nitro groups is 1. The molecule has 120 valence electrons. The molecular weight excluding hydrogens is 304 g/mol. The summed E-state index contributed by atoms with van der Waals surface area (Å²) in [5.41, 5.74) is 3.24. The fraction of sp³-hybridized carbons (Fsp3) is 0.105. The minimum atomic E-state index is -0.425. The normalized spacial score (nSPS) is 10.4. The quantitative estimate of drug-likeness (QED) is 0.511. The molecule has 0 amide bonds. The van der Waals surface area contributed by atoms with Crippen LogP contribution >= 0.6 is 0 Å². The van der Waals surface area contributed by atoms with Crippen molar-refractivity contribution < 1.29 is 9.66 Å². The average Bonchev–Trinajstić information content (AvgIpc) is 2.61. The first kappa shape index (κ1) is 15.7. The van der Waals surface area contributed by atoms with Crippen molar-refractivity contribution in [3.63, 3.8) is 0 Å². The number of hydrogen-bond donors (Lipinski definition) is 0. The lowest BCUT2D eigenvalue weighted by Crippen LogP contribution is -1.96. The van der Waals surface area contributed by atoms with E-state index in [0.717, 1.165) is 16.9 Å². The largest absolute Gasteiger partial charge is 0.489 e. The molecule has 0 spiro atoms. The molecule has 0 unspecified atom stereocenters. The van der Waals surface area contributed by atoms with Gasteiger partial charge in [0.05, 0.1) is 10.6 Å². The van der Waals surface area contributed by atoms with Gasteiger partial charge in [0.2, 0.25) is 0 Å². The Morgan fingerprint density at radius 2 is 1.88 bits per heavy atom. The monoisotopic (exact) mass is 320 g/mol. The highest BCUT2D eigenvalue weighted by molar-refractivity contribution is 5.63. The number of rotatable bonds is 5. The van der Waals surface area contributed by atoms with E-state index < -0.39 is 4.92 Å². The van der Waals surface area contributed by atoms with Crippen LogP contribution in [0.3, 0.4) is 0 Å². The SMILES string of the molecule is Cc1cc(-c2cccc(OCc3ccccc3)c2)ncc1[N+](=O)[O-]. The molecule has 3 aromatic rings. The number of nitrogens with zero attached hydrogens (tertiary/aromatic N) is 2. The molecule has 0 aliphatic carbocycles. The van der Waals surface area contributed by atoms with Crippen molar-refractivity contribution in [1.29, 1.82) is 0 Å². The highest BCUT2D eigenvalue weighted by Gasteiger charge is 2.12. The lowest BCUT2D eigenvalue weighted by molar-refractivity contribution is -0.385. The lowest BCUT2D eigenvalue weighted by Gasteiger charge is -2.08. The summed E-state index contributed by atoms with van der Waals surface area (Å²) in [6.45, 7) is 2.19. The molecule has 0 saturated carbocycles. The first-order valence-corrected chi connectivity index (χ1v) is 7.51. The molecule has 24 heavy (non-hydrogen) atoms. The summed E-state index contributed by atoms with van der Waals surface area (Å²) in [6.07, 6.45) is 1.29. The van der Waals surface area contributed by atoms with E-state index in [4.69, 9.17) is 4.74 Å². The van der Waals surface area contributed by atoms with Gasteiger partial charge in [0.1, 0.15) is 18.6 Å². The van der Waals surface area contributed by atoms with E-state index in [2.05, 4.69) is 4.98 Å². The van der Waals surface area contributed by atoms with Crippen LogP contribution in [0.15, 0.2) is 66.9 Å². The van der Waals surface area contributed by atoms with E-state index >= 15 is 0 Å². The molecule has 0 saturated heterocycles. The van der Waals surface area contributed by atoms with Gasteiger partial charge in [-0.2, -0.15) is 0 Å². The topological polar surface area (TPSA) is 65.3 Å². The van der Waals surface area contributed by atoms with E-state index in [0.29, 0.717) is 17.9 Å². The number of aryl methyl sites for hydroxylation is 1. The van der Waals surface area contributed by atoms with E-state index in [9.17, 15) is 10.1 Å². The van der Waals surface area contributed by atoms with Crippen LogP contribution in [0.4, 0.5) is 5.69 Å². The summed E-state index contributed by atoms with van der Waals surface area (Å²) >= 11 is 0. The third-order valence-corrected chi connectivity index (χ3v) is 3.66. The second kappa shape index (κ2) is 6.91. The van der Waals surface area contributed by atoms with Crippen molar-refractivity contribution in [2.45, 2.75) is 13.5 Å². The van der Waals surface area contributed by atoms with Gasteiger partial charge in [-0.1, -0.05) is 42.5 Å². The van der Waals surface area contributed by atoms with E-state index in [-0.39, 0.29) is 5.69 Å². The van der Waals surface area contributed by atoms with Gasteiger partial charge in [-0.25, -0.2) is 4.98 Å². The van der Waals surface area contributed by atoms with E-state index in [1.54, 1.807) is 13.0 Å². The fourth-order valence-electron chi connectivity index (χ4n) is 2.38. The predicted molar refractivity (Wildman–Crippen MR) is 91.8 cm³/mol. The molecule has 1 heterocycles. The van der Waals surface area contributed by atoms with Crippen LogP contribution in [-0.4, -0.2) is 9.91 Å². The van der Waals surface area contributed by atoms with Crippen LogP contribution < -0.4 is 4.74 Å². The van der Waals surface area contributed by atoms with Gasteiger partial charge in [0.15, 0.2) is 0 Å². The number of benzene rings is 2. The third-order valence-electron chi connectivity index (χ3n) is 3.66. The zero-order chi connectivity index (χ0) is 16.9. The Bertz CT molecular complexity index is 863. The Morgan fingerprint density at radius 1 is 1.08 bits per heavy atom. The second-order valence-corrected chi connectivity index (χ2v) is 5.42. The molecule has 0 aliphatic rings. The van der Waals surface area contributed by atoms with Crippen molar-refractivity contribution in [2.24, 2.45) is 0 Å². The maximum absolute atomic E-state index is 10.9. The van der Waals surface area contributed by atoms with Gasteiger partial charge in [0.25, 0.3) is 5.69 Å². The van der Waals surface area contributed by atoms with Crippen molar-refractivity contribution in [3.8, 4) is 17.0 Å². The third kappa shape index (κ3) is 3.57. The van der Waals surface area contributed by atoms with Crippen LogP contribution in [0.1, 0.15) is 11.1 Å². The highest BCUT2D eigenvalue weighted by atomic mass is 16.6. The number of hydrogen-bond acceptors (Lipinski definition) is 4. The standard InChI is InChI=1S/C19H16N2O3/c1-14-10-18(20-12-19(14)21(22)23)16-8-5-9-17(11-16)24-13-15-6-3-2-4-7-15/h2-12H,13H2,1H3. The molecule has 0 atom stereocenters. The first-order chi connectivity index (χ1) is 11.6. The van der Waals surface area contributed by atoms with Crippen molar-refractivity contribution in [2.75, 3.05) is 0 Å². The summed E-state index contributed by atoms with van der Waals surface area (Å²) in [5.74, 6) is 0.731. The number of aromatic nitrogens is 1. The maximum Gasteiger partial charge on any atom is 0.290 e. The van der Waals surface area contributed by atoms with Gasteiger partial charge in [-0.05, 0) is 30.7 Å². The zero-order valence-corrected chi connectivity index (χ0v) is 13.2. The molecule has 0 aliphatic heterocycles. The number of ether oxygens (including phenoxy) is 1. The van der Waals surface area contributed by atoms with Crippen LogP contribution in [0.2, 0.25) is 0 Å².